The summed E-state index contributed by atoms with van der Waals surface area (Å²) in [6, 6.07) is 3.90. The Hall–Kier alpha value is -1.68. The quantitative estimate of drug-likeness (QED) is 0.768. The first-order valence-corrected chi connectivity index (χ1v) is 4.36. The average Bonchev–Trinajstić information content (AvgIpc) is 2.67. The summed E-state index contributed by atoms with van der Waals surface area (Å²) in [5.74, 6) is 0.808. The molecule has 4 nitrogen and oxygen atoms in total. The van der Waals surface area contributed by atoms with E-state index in [1.165, 1.54) is 0 Å². The van der Waals surface area contributed by atoms with Crippen molar-refractivity contribution in [1.29, 1.82) is 0 Å². The minimum absolute atomic E-state index is 0.0428. The van der Waals surface area contributed by atoms with Crippen LogP contribution in [0.4, 0.5) is 0 Å². The molecular weight excluding hydrogens is 178 g/mol. The van der Waals surface area contributed by atoms with E-state index in [0.29, 0.717) is 5.69 Å². The lowest BCUT2D eigenvalue weighted by Crippen LogP contribution is -1.93. The molecule has 0 aromatic carbocycles. The van der Waals surface area contributed by atoms with Gasteiger partial charge in [0.1, 0.15) is 12.1 Å². The molecule has 0 aliphatic rings. The topological polar surface area (TPSA) is 50.9 Å². The number of aliphatic hydroxyl groups is 1. The summed E-state index contributed by atoms with van der Waals surface area (Å²) in [5.41, 5.74) is 1.77. The molecule has 0 aliphatic heterocycles. The monoisotopic (exact) mass is 189 g/mol. The van der Waals surface area contributed by atoms with E-state index in [1.54, 1.807) is 23.3 Å². The Balaban J connectivity index is 2.34. The predicted octanol–water partition coefficient (Wildman–Crippen LogP) is 1.07. The van der Waals surface area contributed by atoms with Gasteiger partial charge in [0.05, 0.1) is 12.3 Å². The van der Waals surface area contributed by atoms with Crippen molar-refractivity contribution >= 4 is 0 Å². The highest BCUT2D eigenvalue weighted by molar-refractivity contribution is 5.25. The second-order valence-corrected chi connectivity index (χ2v) is 3.12. The van der Waals surface area contributed by atoms with Crippen LogP contribution in [0.3, 0.4) is 0 Å². The average molecular weight is 189 g/mol. The van der Waals surface area contributed by atoms with Gasteiger partial charge in [-0.2, -0.15) is 0 Å². The summed E-state index contributed by atoms with van der Waals surface area (Å²) >= 11 is 0. The predicted molar refractivity (Wildman–Crippen MR) is 52.0 cm³/mol. The fourth-order valence-electron chi connectivity index (χ4n) is 1.18. The minimum atomic E-state index is -0.0428. The lowest BCUT2D eigenvalue weighted by atomic mass is 10.3. The van der Waals surface area contributed by atoms with Crippen LogP contribution in [0.5, 0.6) is 0 Å². The molecule has 0 bridgehead atoms. The Morgan fingerprint density at radius 1 is 1.36 bits per heavy atom. The Labute approximate surface area is 81.9 Å². The van der Waals surface area contributed by atoms with Crippen LogP contribution >= 0.6 is 0 Å². The van der Waals surface area contributed by atoms with Crippen LogP contribution in [0.25, 0.3) is 5.82 Å². The standard InChI is InChI=1S/C10H11N3O/c1-8-2-3-10(11-4-8)13-5-9(6-14)12-7-13/h2-5,7,14H,6H2,1H3. The summed E-state index contributed by atoms with van der Waals surface area (Å²) < 4.78 is 1.78. The van der Waals surface area contributed by atoms with Crippen LogP contribution in [0.15, 0.2) is 30.9 Å². The zero-order valence-electron chi connectivity index (χ0n) is 7.88. The van der Waals surface area contributed by atoms with Gasteiger partial charge in [-0.1, -0.05) is 6.07 Å². The Morgan fingerprint density at radius 2 is 2.21 bits per heavy atom. The van der Waals surface area contributed by atoms with E-state index in [2.05, 4.69) is 9.97 Å². The third-order valence-corrected chi connectivity index (χ3v) is 1.96. The number of aromatic nitrogens is 3. The molecule has 0 atom stereocenters. The molecule has 14 heavy (non-hydrogen) atoms. The van der Waals surface area contributed by atoms with Gasteiger partial charge in [0.25, 0.3) is 0 Å². The summed E-state index contributed by atoms with van der Waals surface area (Å²) in [6.45, 7) is 1.95. The van der Waals surface area contributed by atoms with Crippen LogP contribution in [0.2, 0.25) is 0 Å². The molecule has 0 unspecified atom stereocenters. The number of aryl methyl sites for hydroxylation is 1. The first-order chi connectivity index (χ1) is 6.79. The van der Waals surface area contributed by atoms with Crippen molar-refractivity contribution < 1.29 is 5.11 Å². The van der Waals surface area contributed by atoms with Gasteiger partial charge < -0.3 is 5.11 Å². The zero-order valence-corrected chi connectivity index (χ0v) is 7.88. The van der Waals surface area contributed by atoms with Crippen LogP contribution in [0, 0.1) is 6.92 Å². The van der Waals surface area contributed by atoms with Crippen molar-refractivity contribution in [3.05, 3.63) is 42.1 Å². The third-order valence-electron chi connectivity index (χ3n) is 1.96. The second kappa shape index (κ2) is 3.59. The smallest absolute Gasteiger partial charge is 0.137 e. The van der Waals surface area contributed by atoms with E-state index in [9.17, 15) is 0 Å². The van der Waals surface area contributed by atoms with Crippen LogP contribution < -0.4 is 0 Å². The Bertz CT molecular complexity index is 419. The van der Waals surface area contributed by atoms with E-state index < -0.39 is 0 Å². The number of hydrogen-bond acceptors (Lipinski definition) is 3. The van der Waals surface area contributed by atoms with Crippen molar-refractivity contribution in [1.82, 2.24) is 14.5 Å². The molecule has 0 saturated heterocycles. The lowest BCUT2D eigenvalue weighted by molar-refractivity contribution is 0.277. The highest BCUT2D eigenvalue weighted by Gasteiger charge is 1.99. The molecule has 72 valence electrons. The van der Waals surface area contributed by atoms with E-state index in [0.717, 1.165) is 11.4 Å². The van der Waals surface area contributed by atoms with E-state index in [4.69, 9.17) is 5.11 Å². The molecule has 0 radical (unpaired) electrons. The maximum atomic E-state index is 8.85. The molecule has 0 saturated carbocycles. The van der Waals surface area contributed by atoms with Gasteiger partial charge in [-0.3, -0.25) is 4.57 Å². The number of hydrogen-bond donors (Lipinski definition) is 1. The normalized spacial score (nSPS) is 10.4. The number of imidazole rings is 1. The fraction of sp³-hybridized carbons (Fsp3) is 0.200. The number of nitrogens with zero attached hydrogens (tertiary/aromatic N) is 3. The summed E-state index contributed by atoms with van der Waals surface area (Å²) in [5, 5.41) is 8.85. The molecule has 0 fully saturated rings. The maximum Gasteiger partial charge on any atom is 0.137 e. The third kappa shape index (κ3) is 1.65. The number of aliphatic hydroxyl groups excluding tert-OH is 1. The molecule has 4 heteroatoms. The molecule has 2 rings (SSSR count). The van der Waals surface area contributed by atoms with Gasteiger partial charge in [0.2, 0.25) is 0 Å². The Morgan fingerprint density at radius 3 is 2.79 bits per heavy atom. The van der Waals surface area contributed by atoms with Crippen molar-refractivity contribution in [3.63, 3.8) is 0 Å². The molecule has 0 spiro atoms. The van der Waals surface area contributed by atoms with E-state index in [1.807, 2.05) is 19.1 Å². The summed E-state index contributed by atoms with van der Waals surface area (Å²) in [4.78, 5) is 8.24. The van der Waals surface area contributed by atoms with Gasteiger partial charge in [-0.15, -0.1) is 0 Å². The van der Waals surface area contributed by atoms with Crippen LogP contribution in [-0.4, -0.2) is 19.6 Å². The molecule has 2 heterocycles. The first kappa shape index (κ1) is 8.90. The highest BCUT2D eigenvalue weighted by atomic mass is 16.3. The minimum Gasteiger partial charge on any atom is -0.390 e. The van der Waals surface area contributed by atoms with Crippen molar-refractivity contribution in [3.8, 4) is 5.82 Å². The van der Waals surface area contributed by atoms with Crippen LogP contribution in [-0.2, 0) is 6.61 Å². The SMILES string of the molecule is Cc1ccc(-n2cnc(CO)c2)nc1. The van der Waals surface area contributed by atoms with Gasteiger partial charge in [0, 0.05) is 12.4 Å². The maximum absolute atomic E-state index is 8.85. The van der Waals surface area contributed by atoms with Crippen molar-refractivity contribution in [2.45, 2.75) is 13.5 Å². The lowest BCUT2D eigenvalue weighted by Gasteiger charge is -1.99. The zero-order chi connectivity index (χ0) is 9.97. The Kier molecular flexibility index (Phi) is 2.28. The summed E-state index contributed by atoms with van der Waals surface area (Å²) in [6.07, 6.45) is 5.20. The number of pyridine rings is 1. The molecular formula is C10H11N3O. The van der Waals surface area contributed by atoms with E-state index >= 15 is 0 Å². The fourth-order valence-corrected chi connectivity index (χ4v) is 1.18. The van der Waals surface area contributed by atoms with Gasteiger partial charge >= 0.3 is 0 Å². The molecule has 2 aromatic rings. The molecule has 1 N–H and O–H groups in total. The largest absolute Gasteiger partial charge is 0.390 e. The van der Waals surface area contributed by atoms with E-state index in [-0.39, 0.29) is 6.61 Å². The summed E-state index contributed by atoms with van der Waals surface area (Å²) in [7, 11) is 0. The first-order valence-electron chi connectivity index (χ1n) is 4.36. The van der Waals surface area contributed by atoms with Gasteiger partial charge in [-0.25, -0.2) is 9.97 Å². The highest BCUT2D eigenvalue weighted by Crippen LogP contribution is 2.06. The molecule has 2 aromatic heterocycles. The van der Waals surface area contributed by atoms with Crippen molar-refractivity contribution in [2.24, 2.45) is 0 Å². The van der Waals surface area contributed by atoms with Gasteiger partial charge in [0.15, 0.2) is 0 Å². The molecule has 0 aliphatic carbocycles. The molecule has 0 amide bonds. The van der Waals surface area contributed by atoms with Crippen LogP contribution in [0.1, 0.15) is 11.3 Å². The second-order valence-electron chi connectivity index (χ2n) is 3.12. The number of rotatable bonds is 2. The van der Waals surface area contributed by atoms with Gasteiger partial charge in [-0.05, 0) is 18.6 Å². The van der Waals surface area contributed by atoms with Crippen molar-refractivity contribution in [2.75, 3.05) is 0 Å².